The van der Waals surface area contributed by atoms with Gasteiger partial charge in [-0.2, -0.15) is 0 Å². The predicted octanol–water partition coefficient (Wildman–Crippen LogP) is 6.66. The summed E-state index contributed by atoms with van der Waals surface area (Å²) in [5, 5.41) is 29.3. The number of ether oxygens (including phenoxy) is 2. The lowest BCUT2D eigenvalue weighted by atomic mass is 9.56. The third-order valence-corrected chi connectivity index (χ3v) is 11.7. The Morgan fingerprint density at radius 3 is 2.04 bits per heavy atom. The molecule has 1 heterocycles. The summed E-state index contributed by atoms with van der Waals surface area (Å²) in [7, 11) is 7.46. The molecule has 3 aliphatic rings. The average Bonchev–Trinajstić information content (AvgIpc) is 3.61. The van der Waals surface area contributed by atoms with Gasteiger partial charge < -0.3 is 39.7 Å². The Morgan fingerprint density at radius 2 is 1.47 bits per heavy atom. The molecule has 3 aromatic carbocycles. The molecule has 0 saturated heterocycles. The molecular weight excluding hydrogens is 723 g/mol. The van der Waals surface area contributed by atoms with Crippen molar-refractivity contribution in [2.75, 3.05) is 51.2 Å². The van der Waals surface area contributed by atoms with Crippen LogP contribution in [0.5, 0.6) is 11.6 Å². The molecule has 57 heavy (non-hydrogen) atoms. The van der Waals surface area contributed by atoms with Crippen LogP contribution in [0.4, 0.5) is 11.4 Å². The number of rotatable bonds is 15. The van der Waals surface area contributed by atoms with Crippen LogP contribution >= 0.6 is 0 Å². The number of benzene rings is 3. The van der Waals surface area contributed by atoms with E-state index in [1.165, 1.54) is 0 Å². The van der Waals surface area contributed by atoms with Gasteiger partial charge in [-0.15, -0.1) is 0 Å². The van der Waals surface area contributed by atoms with Crippen molar-refractivity contribution in [3.63, 3.8) is 0 Å². The first-order valence-electron chi connectivity index (χ1n) is 20.1. The predicted molar refractivity (Wildman–Crippen MR) is 219 cm³/mol. The SMILES string of the molecule is CCCCOc1noc2c1C(=O)[C@@]1(O)C(O)=C3C(=O)c4c(c(N(C)C)cc(N(Cc5ccccc5)Cc5ccccc5)c4OCCCC)C[C@H]3[C@H](N)[C@H]1[C@@H]2N(C)C. The molecule has 0 aliphatic heterocycles. The fraction of sp³-hybridized carbons (Fsp3) is 0.444. The molecule has 7 rings (SSSR count). The lowest BCUT2D eigenvalue weighted by molar-refractivity contribution is -0.0639. The minimum Gasteiger partial charge on any atom is -0.508 e. The van der Waals surface area contributed by atoms with E-state index in [1.807, 2.05) is 62.3 Å². The summed E-state index contributed by atoms with van der Waals surface area (Å²) in [6.07, 6.45) is 3.45. The number of aliphatic hydroxyl groups excluding tert-OH is 1. The van der Waals surface area contributed by atoms with Gasteiger partial charge in [-0.1, -0.05) is 87.4 Å². The fourth-order valence-electron chi connectivity index (χ4n) is 8.90. The maximum absolute atomic E-state index is 15.4. The Kier molecular flexibility index (Phi) is 11.5. The highest BCUT2D eigenvalue weighted by Gasteiger charge is 2.66. The van der Waals surface area contributed by atoms with E-state index in [-0.39, 0.29) is 35.8 Å². The van der Waals surface area contributed by atoms with E-state index in [0.717, 1.165) is 41.6 Å². The summed E-state index contributed by atoms with van der Waals surface area (Å²) in [6, 6.07) is 20.6. The van der Waals surface area contributed by atoms with Crippen LogP contribution in [-0.4, -0.2) is 84.9 Å². The van der Waals surface area contributed by atoms with Gasteiger partial charge in [-0.05, 0) is 61.3 Å². The van der Waals surface area contributed by atoms with E-state index in [9.17, 15) is 15.0 Å². The highest BCUT2D eigenvalue weighted by atomic mass is 16.5. The van der Waals surface area contributed by atoms with Crippen molar-refractivity contribution in [3.8, 4) is 11.6 Å². The fourth-order valence-corrected chi connectivity index (χ4v) is 8.90. The Labute approximate surface area is 334 Å². The van der Waals surface area contributed by atoms with Gasteiger partial charge in [0.15, 0.2) is 22.9 Å². The Balaban J connectivity index is 1.43. The summed E-state index contributed by atoms with van der Waals surface area (Å²) >= 11 is 0. The molecule has 4 N–H and O–H groups in total. The van der Waals surface area contributed by atoms with Crippen molar-refractivity contribution in [3.05, 3.63) is 112 Å². The van der Waals surface area contributed by atoms with Crippen molar-refractivity contribution >= 4 is 22.9 Å². The summed E-state index contributed by atoms with van der Waals surface area (Å²) in [5.41, 5.74) is 9.21. The van der Waals surface area contributed by atoms with Crippen LogP contribution in [0.1, 0.15) is 88.7 Å². The standard InChI is InChI=1S/C45H55N5O7/c1-7-9-21-55-40-32(50(25-27-17-13-11-14-18-27)26-28-19-15-12-16-20-28)24-31(48(3)4)29-23-30-34(39(51)33(29)40)42(52)45(54)36(37(30)46)38(49(5)6)41-35(43(45)53)44(47-57-41)56-22-10-8-2/h11-20,24,30,36-38,52,54H,7-10,21-23,25-26,46H2,1-6H3/t30-,36+,37+,38+,45+/m1/s1. The molecule has 0 fully saturated rings. The van der Waals surface area contributed by atoms with E-state index in [1.54, 1.807) is 19.0 Å². The van der Waals surface area contributed by atoms with E-state index in [2.05, 4.69) is 47.3 Å². The number of carbonyl (C=O) groups excluding carboxylic acids is 2. The highest BCUT2D eigenvalue weighted by molar-refractivity contribution is 6.17. The number of hydrogen-bond acceptors (Lipinski definition) is 12. The first kappa shape index (κ1) is 40.0. The van der Waals surface area contributed by atoms with Crippen LogP contribution in [0, 0.1) is 11.8 Å². The summed E-state index contributed by atoms with van der Waals surface area (Å²) < 4.78 is 18.4. The molecule has 4 aromatic rings. The van der Waals surface area contributed by atoms with Crippen molar-refractivity contribution in [1.82, 2.24) is 10.1 Å². The second kappa shape index (κ2) is 16.4. The molecule has 0 unspecified atom stereocenters. The van der Waals surface area contributed by atoms with Gasteiger partial charge in [0.25, 0.3) is 5.88 Å². The molecule has 3 aliphatic carbocycles. The van der Waals surface area contributed by atoms with Crippen molar-refractivity contribution in [1.29, 1.82) is 0 Å². The van der Waals surface area contributed by atoms with E-state index < -0.39 is 46.8 Å². The molecule has 0 bridgehead atoms. The molecule has 1 aromatic heterocycles. The minimum atomic E-state index is -2.56. The lowest BCUT2D eigenvalue weighted by Crippen LogP contribution is -2.66. The third-order valence-electron chi connectivity index (χ3n) is 11.7. The number of carbonyl (C=O) groups is 2. The van der Waals surface area contributed by atoms with Gasteiger partial charge in [-0.3, -0.25) is 14.5 Å². The van der Waals surface area contributed by atoms with Crippen molar-refractivity contribution in [2.24, 2.45) is 17.6 Å². The van der Waals surface area contributed by atoms with Gasteiger partial charge in [0.05, 0.1) is 30.5 Å². The molecule has 0 amide bonds. The number of Topliss-reactive ketones (excluding diaryl/α,β-unsaturated/α-hetero) is 2. The third kappa shape index (κ3) is 6.97. The smallest absolute Gasteiger partial charge is 0.265 e. The zero-order valence-corrected chi connectivity index (χ0v) is 33.8. The molecule has 0 radical (unpaired) electrons. The largest absolute Gasteiger partial charge is 0.508 e. The molecule has 12 nitrogen and oxygen atoms in total. The molecule has 0 spiro atoms. The van der Waals surface area contributed by atoms with Crippen LogP contribution in [0.3, 0.4) is 0 Å². The summed E-state index contributed by atoms with van der Waals surface area (Å²) in [4.78, 5) is 36.1. The van der Waals surface area contributed by atoms with Crippen LogP contribution in [0.2, 0.25) is 0 Å². The number of nitrogens with two attached hydrogens (primary N) is 1. The zero-order valence-electron chi connectivity index (χ0n) is 33.8. The number of anilines is 2. The normalized spacial score (nSPS) is 22.5. The topological polar surface area (TPSA) is 155 Å². The highest BCUT2D eigenvalue weighted by Crippen LogP contribution is 2.57. The van der Waals surface area contributed by atoms with E-state index in [0.29, 0.717) is 43.1 Å². The summed E-state index contributed by atoms with van der Waals surface area (Å²) in [5.74, 6) is -3.35. The molecular formula is C45H55N5O7. The van der Waals surface area contributed by atoms with Crippen molar-refractivity contribution < 1.29 is 33.8 Å². The molecule has 12 heteroatoms. The quantitative estimate of drug-likeness (QED) is 0.111. The summed E-state index contributed by atoms with van der Waals surface area (Å²) in [6.45, 7) is 5.77. The van der Waals surface area contributed by atoms with E-state index >= 15 is 4.79 Å². The Bertz CT molecular complexity index is 2090. The van der Waals surface area contributed by atoms with Gasteiger partial charge >= 0.3 is 0 Å². The van der Waals surface area contributed by atoms with Gasteiger partial charge in [-0.25, -0.2) is 0 Å². The monoisotopic (exact) mass is 777 g/mol. The van der Waals surface area contributed by atoms with Crippen molar-refractivity contribution in [2.45, 2.75) is 76.7 Å². The average molecular weight is 778 g/mol. The second-order valence-corrected chi connectivity index (χ2v) is 16.0. The molecule has 5 atom stereocenters. The maximum Gasteiger partial charge on any atom is 0.265 e. The first-order valence-corrected chi connectivity index (χ1v) is 20.1. The molecule has 302 valence electrons. The number of hydrogen-bond donors (Lipinski definition) is 3. The van der Waals surface area contributed by atoms with E-state index in [4.69, 9.17) is 19.7 Å². The Hall–Kier alpha value is -5.17. The number of ketones is 2. The second-order valence-electron chi connectivity index (χ2n) is 16.0. The number of aliphatic hydroxyl groups is 2. The van der Waals surface area contributed by atoms with Crippen LogP contribution in [-0.2, 0) is 19.5 Å². The maximum atomic E-state index is 15.4. The van der Waals surface area contributed by atoms with Crippen LogP contribution in [0.15, 0.2) is 82.6 Å². The van der Waals surface area contributed by atoms with Gasteiger partial charge in [0, 0.05) is 56.3 Å². The Morgan fingerprint density at radius 1 is 0.877 bits per heavy atom. The minimum absolute atomic E-state index is 0.0526. The number of unbranched alkanes of at least 4 members (excludes halogenated alkanes) is 2. The lowest BCUT2D eigenvalue weighted by Gasteiger charge is -2.52. The van der Waals surface area contributed by atoms with Gasteiger partial charge in [0.1, 0.15) is 11.3 Å². The zero-order chi connectivity index (χ0) is 40.6. The van der Waals surface area contributed by atoms with Crippen LogP contribution in [0.25, 0.3) is 0 Å². The number of nitrogens with zero attached hydrogens (tertiary/aromatic N) is 4. The number of fused-ring (bicyclic) bond motifs is 4. The van der Waals surface area contributed by atoms with Crippen LogP contribution < -0.4 is 25.0 Å². The molecule has 0 saturated carbocycles. The van der Waals surface area contributed by atoms with Gasteiger partial charge in [0.2, 0.25) is 5.78 Å². The number of aromatic nitrogens is 1. The first-order chi connectivity index (χ1) is 27.4.